The number of carbonyl (C=O) groups excluding carboxylic acids is 1. The Kier molecular flexibility index (Phi) is 6.41. The van der Waals surface area contributed by atoms with E-state index in [4.69, 9.17) is 0 Å². The molecule has 2 N–H and O–H groups in total. The van der Waals surface area contributed by atoms with Crippen molar-refractivity contribution in [1.29, 1.82) is 0 Å². The maximum Gasteiger partial charge on any atom is 0.225 e. The molecule has 1 heterocycles. The van der Waals surface area contributed by atoms with Crippen LogP contribution in [0.5, 0.6) is 0 Å². The molecule has 1 amide bonds. The van der Waals surface area contributed by atoms with Crippen LogP contribution in [0.2, 0.25) is 0 Å². The fourth-order valence-corrected chi connectivity index (χ4v) is 5.29. The number of amides is 1. The lowest BCUT2D eigenvalue weighted by atomic mass is 9.64. The molecule has 1 aromatic rings. The number of nitrogens with one attached hydrogen (secondary N) is 2. The summed E-state index contributed by atoms with van der Waals surface area (Å²) < 4.78 is 0. The maximum atomic E-state index is 12.8. The van der Waals surface area contributed by atoms with Crippen LogP contribution < -0.4 is 10.6 Å². The molecule has 1 aromatic carbocycles. The Labute approximate surface area is 175 Å². The second-order valence-electron chi connectivity index (χ2n) is 9.17. The van der Waals surface area contributed by atoms with Gasteiger partial charge in [-0.05, 0) is 37.7 Å². The molecule has 1 atom stereocenters. The van der Waals surface area contributed by atoms with Crippen molar-refractivity contribution >= 4 is 11.9 Å². The van der Waals surface area contributed by atoms with Crippen LogP contribution in [0.1, 0.15) is 63.4 Å². The number of hydrogen-bond acceptors (Lipinski definition) is 2. The summed E-state index contributed by atoms with van der Waals surface area (Å²) in [6, 6.07) is 11.2. The van der Waals surface area contributed by atoms with E-state index in [9.17, 15) is 4.79 Å². The van der Waals surface area contributed by atoms with Crippen LogP contribution in [0.25, 0.3) is 0 Å². The standard InChI is InChI=1S/C24H36N4O/c1-25-23(26-18-24(14-8-15-24)20-11-6-3-7-12-20)27-21-13-16-28(17-21)22(29)19-9-4-2-5-10-19/h3,6-7,11-12,19,21H,2,4-5,8-10,13-18H2,1H3,(H2,25,26,27). The molecule has 2 saturated carbocycles. The number of nitrogens with zero attached hydrogens (tertiary/aromatic N) is 2. The highest BCUT2D eigenvalue weighted by Crippen LogP contribution is 2.43. The SMILES string of the molecule is CN=C(NCC1(c2ccccc2)CCC1)NC1CCN(C(=O)C2CCCCC2)C1. The van der Waals surface area contributed by atoms with Crippen LogP contribution in [-0.4, -0.2) is 49.5 Å². The van der Waals surface area contributed by atoms with Gasteiger partial charge in [0.05, 0.1) is 0 Å². The van der Waals surface area contributed by atoms with Crippen molar-refractivity contribution in [3.8, 4) is 0 Å². The third-order valence-electron chi connectivity index (χ3n) is 7.31. The minimum atomic E-state index is 0.234. The van der Waals surface area contributed by atoms with Gasteiger partial charge in [0.25, 0.3) is 0 Å². The molecule has 0 spiro atoms. The summed E-state index contributed by atoms with van der Waals surface area (Å²) in [6.07, 6.45) is 10.6. The monoisotopic (exact) mass is 396 g/mol. The Morgan fingerprint density at radius 2 is 1.86 bits per heavy atom. The van der Waals surface area contributed by atoms with E-state index in [1.807, 2.05) is 7.05 Å². The third-order valence-corrected chi connectivity index (χ3v) is 7.31. The molecule has 5 nitrogen and oxygen atoms in total. The summed E-state index contributed by atoms with van der Waals surface area (Å²) >= 11 is 0. The fraction of sp³-hybridized carbons (Fsp3) is 0.667. The van der Waals surface area contributed by atoms with Crippen LogP contribution in [0, 0.1) is 5.92 Å². The van der Waals surface area contributed by atoms with Crippen LogP contribution in [-0.2, 0) is 10.2 Å². The van der Waals surface area contributed by atoms with Gasteiger partial charge in [0.1, 0.15) is 0 Å². The van der Waals surface area contributed by atoms with Crippen molar-refractivity contribution in [3.63, 3.8) is 0 Å². The second kappa shape index (κ2) is 9.19. The van der Waals surface area contributed by atoms with Gasteiger partial charge in [0.2, 0.25) is 5.91 Å². The summed E-state index contributed by atoms with van der Waals surface area (Å²) in [5, 5.41) is 7.15. The van der Waals surface area contributed by atoms with Crippen molar-refractivity contribution in [3.05, 3.63) is 35.9 Å². The normalized spacial score (nSPS) is 24.8. The summed E-state index contributed by atoms with van der Waals surface area (Å²) in [6.45, 7) is 2.59. The highest BCUT2D eigenvalue weighted by Gasteiger charge is 2.39. The molecule has 3 aliphatic rings. The number of guanidine groups is 1. The Morgan fingerprint density at radius 1 is 1.10 bits per heavy atom. The zero-order valence-electron chi connectivity index (χ0n) is 17.8. The molecule has 1 aliphatic heterocycles. The van der Waals surface area contributed by atoms with E-state index in [1.165, 1.54) is 44.1 Å². The molecule has 0 bridgehead atoms. The molecule has 3 fully saturated rings. The molecule has 29 heavy (non-hydrogen) atoms. The summed E-state index contributed by atoms with van der Waals surface area (Å²) in [5.41, 5.74) is 1.66. The summed E-state index contributed by atoms with van der Waals surface area (Å²) in [4.78, 5) is 19.4. The first-order valence-corrected chi connectivity index (χ1v) is 11.5. The fourth-order valence-electron chi connectivity index (χ4n) is 5.29. The van der Waals surface area contributed by atoms with Crippen molar-refractivity contribution < 1.29 is 4.79 Å². The van der Waals surface area contributed by atoms with E-state index >= 15 is 0 Å². The minimum Gasteiger partial charge on any atom is -0.356 e. The van der Waals surface area contributed by atoms with Gasteiger partial charge in [0, 0.05) is 44.1 Å². The van der Waals surface area contributed by atoms with Gasteiger partial charge < -0.3 is 15.5 Å². The maximum absolute atomic E-state index is 12.8. The molecular weight excluding hydrogens is 360 g/mol. The lowest BCUT2D eigenvalue weighted by molar-refractivity contribution is -0.135. The average Bonchev–Trinajstić information content (AvgIpc) is 3.21. The number of likely N-dealkylation sites (tertiary alicyclic amines) is 1. The first kappa shape index (κ1) is 20.2. The van der Waals surface area contributed by atoms with Gasteiger partial charge in [-0.15, -0.1) is 0 Å². The van der Waals surface area contributed by atoms with Gasteiger partial charge >= 0.3 is 0 Å². The molecular formula is C24H36N4O. The third kappa shape index (κ3) is 4.59. The van der Waals surface area contributed by atoms with Crippen molar-refractivity contribution in [2.75, 3.05) is 26.7 Å². The summed E-state index contributed by atoms with van der Waals surface area (Å²) in [5.74, 6) is 1.52. The van der Waals surface area contributed by atoms with E-state index < -0.39 is 0 Å². The van der Waals surface area contributed by atoms with Gasteiger partial charge in [-0.1, -0.05) is 56.0 Å². The van der Waals surface area contributed by atoms with Crippen LogP contribution in [0.4, 0.5) is 0 Å². The molecule has 0 radical (unpaired) electrons. The first-order chi connectivity index (χ1) is 14.2. The lowest BCUT2D eigenvalue weighted by Crippen LogP contribution is -2.51. The minimum absolute atomic E-state index is 0.234. The molecule has 1 unspecified atom stereocenters. The molecule has 4 rings (SSSR count). The van der Waals surface area contributed by atoms with Crippen molar-refractivity contribution in [2.45, 2.75) is 69.2 Å². The van der Waals surface area contributed by atoms with Gasteiger partial charge in [-0.3, -0.25) is 9.79 Å². The Bertz CT molecular complexity index is 707. The number of rotatable bonds is 5. The predicted molar refractivity (Wildman–Crippen MR) is 118 cm³/mol. The van der Waals surface area contributed by atoms with E-state index in [0.717, 1.165) is 44.9 Å². The largest absolute Gasteiger partial charge is 0.356 e. The highest BCUT2D eigenvalue weighted by molar-refractivity contribution is 5.81. The zero-order chi connectivity index (χ0) is 20.1. The Balaban J connectivity index is 1.28. The highest BCUT2D eigenvalue weighted by atomic mass is 16.2. The average molecular weight is 397 g/mol. The molecule has 5 heteroatoms. The van der Waals surface area contributed by atoms with E-state index in [1.54, 1.807) is 0 Å². The van der Waals surface area contributed by atoms with Crippen LogP contribution in [0.3, 0.4) is 0 Å². The van der Waals surface area contributed by atoms with Crippen LogP contribution >= 0.6 is 0 Å². The van der Waals surface area contributed by atoms with E-state index in [-0.39, 0.29) is 11.3 Å². The molecule has 2 aliphatic carbocycles. The number of aliphatic imine (C=N–C) groups is 1. The number of hydrogen-bond donors (Lipinski definition) is 2. The van der Waals surface area contributed by atoms with E-state index in [0.29, 0.717) is 11.9 Å². The zero-order valence-corrected chi connectivity index (χ0v) is 17.8. The number of benzene rings is 1. The second-order valence-corrected chi connectivity index (χ2v) is 9.17. The predicted octanol–water partition coefficient (Wildman–Crippen LogP) is 3.45. The van der Waals surface area contributed by atoms with Crippen molar-refractivity contribution in [1.82, 2.24) is 15.5 Å². The van der Waals surface area contributed by atoms with Gasteiger partial charge in [-0.2, -0.15) is 0 Å². The molecule has 1 saturated heterocycles. The summed E-state index contributed by atoms with van der Waals surface area (Å²) in [7, 11) is 1.84. The van der Waals surface area contributed by atoms with E-state index in [2.05, 4.69) is 50.9 Å². The van der Waals surface area contributed by atoms with Gasteiger partial charge in [0.15, 0.2) is 5.96 Å². The van der Waals surface area contributed by atoms with Gasteiger partial charge in [-0.25, -0.2) is 0 Å². The number of carbonyl (C=O) groups is 1. The smallest absolute Gasteiger partial charge is 0.225 e. The van der Waals surface area contributed by atoms with Crippen molar-refractivity contribution in [2.24, 2.45) is 10.9 Å². The van der Waals surface area contributed by atoms with Crippen LogP contribution in [0.15, 0.2) is 35.3 Å². The molecule has 158 valence electrons. The Morgan fingerprint density at radius 3 is 2.52 bits per heavy atom. The quantitative estimate of drug-likeness (QED) is 0.592. The topological polar surface area (TPSA) is 56.7 Å². The first-order valence-electron chi connectivity index (χ1n) is 11.5. The molecule has 0 aromatic heterocycles. The lowest BCUT2D eigenvalue weighted by Gasteiger charge is -2.43. The Hall–Kier alpha value is -2.04.